The summed E-state index contributed by atoms with van der Waals surface area (Å²) in [6.45, 7) is 5.32. The van der Waals surface area contributed by atoms with Crippen LogP contribution >= 0.6 is 15.9 Å². The number of amides is 1. The minimum Gasteiger partial charge on any atom is -0.467 e. The minimum absolute atomic E-state index is 0.136. The van der Waals surface area contributed by atoms with Gasteiger partial charge in [0.15, 0.2) is 0 Å². The Morgan fingerprint density at radius 3 is 2.50 bits per heavy atom. The van der Waals surface area contributed by atoms with E-state index in [0.29, 0.717) is 6.42 Å². The number of hydrogen-bond acceptors (Lipinski definition) is 4. The summed E-state index contributed by atoms with van der Waals surface area (Å²) in [6.07, 6.45) is -0.130. The summed E-state index contributed by atoms with van der Waals surface area (Å²) in [5.41, 5.74) is -0.718. The standard InChI is InChI=1S/C16H20BrNO4/c1-15(2,3)22-14(20)18-16(13(19)21-4)9-11(16)10-7-5-6-8-12(10)17/h5-8,11H,9H2,1-4H3,(H,18,20). The second kappa shape index (κ2) is 5.91. The number of benzene rings is 1. The molecule has 2 atom stereocenters. The summed E-state index contributed by atoms with van der Waals surface area (Å²) < 4.78 is 11.0. The lowest BCUT2D eigenvalue weighted by Crippen LogP contribution is -2.47. The van der Waals surface area contributed by atoms with E-state index in [2.05, 4.69) is 21.2 Å². The molecule has 1 aromatic rings. The molecule has 0 saturated heterocycles. The van der Waals surface area contributed by atoms with Gasteiger partial charge in [-0.15, -0.1) is 0 Å². The van der Waals surface area contributed by atoms with E-state index in [9.17, 15) is 9.59 Å². The molecule has 0 bridgehead atoms. The van der Waals surface area contributed by atoms with Gasteiger partial charge in [-0.3, -0.25) is 0 Å². The molecule has 1 saturated carbocycles. The first-order valence-corrected chi connectivity index (χ1v) is 7.83. The van der Waals surface area contributed by atoms with Gasteiger partial charge in [0.2, 0.25) is 0 Å². The smallest absolute Gasteiger partial charge is 0.408 e. The molecule has 0 aliphatic heterocycles. The third-order valence-corrected chi connectivity index (χ3v) is 4.24. The molecule has 22 heavy (non-hydrogen) atoms. The number of ether oxygens (including phenoxy) is 2. The zero-order valence-corrected chi connectivity index (χ0v) is 14.7. The van der Waals surface area contributed by atoms with Gasteiger partial charge in [-0.25, -0.2) is 9.59 Å². The second-order valence-electron chi connectivity index (χ2n) is 6.37. The molecule has 5 nitrogen and oxygen atoms in total. The van der Waals surface area contributed by atoms with E-state index in [1.165, 1.54) is 7.11 Å². The molecule has 1 fully saturated rings. The van der Waals surface area contributed by atoms with Crippen LogP contribution in [0.3, 0.4) is 0 Å². The average molecular weight is 370 g/mol. The Kier molecular flexibility index (Phi) is 4.52. The molecule has 1 aliphatic carbocycles. The summed E-state index contributed by atoms with van der Waals surface area (Å²) in [6, 6.07) is 7.63. The molecule has 0 spiro atoms. The number of nitrogens with one attached hydrogen (secondary N) is 1. The van der Waals surface area contributed by atoms with Crippen molar-refractivity contribution in [3.63, 3.8) is 0 Å². The van der Waals surface area contributed by atoms with E-state index in [1.54, 1.807) is 20.8 Å². The average Bonchev–Trinajstić information content (AvgIpc) is 3.11. The minimum atomic E-state index is -1.05. The molecule has 6 heteroatoms. The van der Waals surface area contributed by atoms with Gasteiger partial charge in [0.25, 0.3) is 0 Å². The van der Waals surface area contributed by atoms with Crippen molar-refractivity contribution in [3.8, 4) is 0 Å². The Hall–Kier alpha value is -1.56. The van der Waals surface area contributed by atoms with Crippen LogP contribution in [0.1, 0.15) is 38.7 Å². The summed E-state index contributed by atoms with van der Waals surface area (Å²) in [5.74, 6) is -0.595. The maximum Gasteiger partial charge on any atom is 0.408 e. The van der Waals surface area contributed by atoms with Crippen LogP contribution in [0.15, 0.2) is 28.7 Å². The maximum absolute atomic E-state index is 12.2. The van der Waals surface area contributed by atoms with Gasteiger partial charge in [-0.05, 0) is 38.8 Å². The highest BCUT2D eigenvalue weighted by Crippen LogP contribution is 2.54. The summed E-state index contributed by atoms with van der Waals surface area (Å²) in [5, 5.41) is 2.69. The second-order valence-corrected chi connectivity index (χ2v) is 7.22. The predicted molar refractivity (Wildman–Crippen MR) is 85.6 cm³/mol. The number of carbonyl (C=O) groups is 2. The highest BCUT2D eigenvalue weighted by atomic mass is 79.9. The van der Waals surface area contributed by atoms with Crippen molar-refractivity contribution in [1.29, 1.82) is 0 Å². The van der Waals surface area contributed by atoms with Crippen molar-refractivity contribution < 1.29 is 19.1 Å². The highest BCUT2D eigenvalue weighted by molar-refractivity contribution is 9.10. The number of rotatable bonds is 3. The zero-order valence-electron chi connectivity index (χ0n) is 13.1. The number of esters is 1. The molecule has 0 radical (unpaired) electrons. The fraction of sp³-hybridized carbons (Fsp3) is 0.500. The van der Waals surface area contributed by atoms with Crippen LogP contribution in [-0.2, 0) is 14.3 Å². The molecule has 120 valence electrons. The van der Waals surface area contributed by atoms with Crippen LogP contribution in [-0.4, -0.2) is 30.3 Å². The van der Waals surface area contributed by atoms with Crippen LogP contribution in [0.2, 0.25) is 0 Å². The van der Waals surface area contributed by atoms with Crippen LogP contribution in [0, 0.1) is 0 Å². The Morgan fingerprint density at radius 2 is 1.95 bits per heavy atom. The van der Waals surface area contributed by atoms with Gasteiger partial charge in [0.05, 0.1) is 7.11 Å². The van der Waals surface area contributed by atoms with Crippen molar-refractivity contribution in [2.75, 3.05) is 7.11 Å². The molecule has 1 N–H and O–H groups in total. The molecule has 1 aromatic carbocycles. The quantitative estimate of drug-likeness (QED) is 0.829. The van der Waals surface area contributed by atoms with Crippen molar-refractivity contribution in [2.45, 2.75) is 44.2 Å². The molecule has 0 heterocycles. The number of halogens is 1. The van der Waals surface area contributed by atoms with Crippen LogP contribution in [0.5, 0.6) is 0 Å². The Morgan fingerprint density at radius 1 is 1.32 bits per heavy atom. The molecule has 0 aromatic heterocycles. The van der Waals surface area contributed by atoms with E-state index >= 15 is 0 Å². The Balaban J connectivity index is 2.21. The molecular weight excluding hydrogens is 350 g/mol. The van der Waals surface area contributed by atoms with Crippen molar-refractivity contribution in [2.24, 2.45) is 0 Å². The van der Waals surface area contributed by atoms with Gasteiger partial charge < -0.3 is 14.8 Å². The van der Waals surface area contributed by atoms with Crippen LogP contribution in [0.25, 0.3) is 0 Å². The lowest BCUT2D eigenvalue weighted by Gasteiger charge is -2.23. The van der Waals surface area contributed by atoms with Gasteiger partial charge in [-0.1, -0.05) is 34.1 Å². The Bertz CT molecular complexity index is 596. The lowest BCUT2D eigenvalue weighted by molar-refractivity contribution is -0.144. The van der Waals surface area contributed by atoms with Gasteiger partial charge in [0, 0.05) is 10.4 Å². The molecule has 1 aliphatic rings. The van der Waals surface area contributed by atoms with Gasteiger partial charge >= 0.3 is 12.1 Å². The first-order chi connectivity index (χ1) is 10.2. The topological polar surface area (TPSA) is 64.6 Å². The summed E-state index contributed by atoms with van der Waals surface area (Å²) in [7, 11) is 1.32. The van der Waals surface area contributed by atoms with E-state index in [0.717, 1.165) is 10.0 Å². The first-order valence-electron chi connectivity index (χ1n) is 7.03. The maximum atomic E-state index is 12.2. The van der Waals surface area contributed by atoms with E-state index < -0.39 is 23.2 Å². The van der Waals surface area contributed by atoms with E-state index in [-0.39, 0.29) is 5.92 Å². The normalized spacial score (nSPS) is 23.6. The number of methoxy groups -OCH3 is 1. The SMILES string of the molecule is COC(=O)C1(NC(=O)OC(C)(C)C)CC1c1ccccc1Br. The fourth-order valence-corrected chi connectivity index (χ4v) is 3.04. The predicted octanol–water partition coefficient (Wildman–Crippen LogP) is 3.37. The monoisotopic (exact) mass is 369 g/mol. The highest BCUT2D eigenvalue weighted by Gasteiger charge is 2.63. The molecular formula is C16H20BrNO4. The van der Waals surface area contributed by atoms with Gasteiger partial charge in [0.1, 0.15) is 11.1 Å². The lowest BCUT2D eigenvalue weighted by atomic mass is 10.1. The van der Waals surface area contributed by atoms with E-state index in [4.69, 9.17) is 9.47 Å². The fourth-order valence-electron chi connectivity index (χ4n) is 2.48. The largest absolute Gasteiger partial charge is 0.467 e. The molecule has 1 amide bonds. The third kappa shape index (κ3) is 3.43. The van der Waals surface area contributed by atoms with Gasteiger partial charge in [-0.2, -0.15) is 0 Å². The molecule has 2 unspecified atom stereocenters. The Labute approximate surface area is 138 Å². The third-order valence-electron chi connectivity index (χ3n) is 3.52. The molecule has 2 rings (SSSR count). The first kappa shape index (κ1) is 16.8. The van der Waals surface area contributed by atoms with Crippen molar-refractivity contribution >= 4 is 28.0 Å². The van der Waals surface area contributed by atoms with Crippen molar-refractivity contribution in [3.05, 3.63) is 34.3 Å². The summed E-state index contributed by atoms with van der Waals surface area (Å²) >= 11 is 3.48. The van der Waals surface area contributed by atoms with Crippen LogP contribution < -0.4 is 5.32 Å². The zero-order chi connectivity index (χ0) is 16.5. The summed E-state index contributed by atoms with van der Waals surface area (Å²) in [4.78, 5) is 24.2. The number of hydrogen-bond donors (Lipinski definition) is 1. The number of alkyl carbamates (subject to hydrolysis) is 1. The van der Waals surface area contributed by atoms with Crippen molar-refractivity contribution in [1.82, 2.24) is 5.32 Å². The number of carbonyl (C=O) groups excluding carboxylic acids is 2. The van der Waals surface area contributed by atoms with Crippen LogP contribution in [0.4, 0.5) is 4.79 Å². The van der Waals surface area contributed by atoms with E-state index in [1.807, 2.05) is 24.3 Å².